The van der Waals surface area contributed by atoms with E-state index in [-0.39, 0.29) is 24.5 Å². The van der Waals surface area contributed by atoms with Gasteiger partial charge in [0, 0.05) is 11.4 Å². The molecule has 10 heteroatoms. The number of amides is 3. The van der Waals surface area contributed by atoms with E-state index >= 15 is 0 Å². The van der Waals surface area contributed by atoms with Crippen LogP contribution in [0.5, 0.6) is 0 Å². The molecular formula is C21H18F4N4O2. The van der Waals surface area contributed by atoms with Crippen molar-refractivity contribution in [2.45, 2.75) is 20.0 Å². The van der Waals surface area contributed by atoms with Crippen LogP contribution < -0.4 is 15.5 Å². The van der Waals surface area contributed by atoms with E-state index in [1.54, 1.807) is 13.8 Å². The Bertz CT molecular complexity index is 1130. The topological polar surface area (TPSA) is 64.7 Å². The Hall–Kier alpha value is -3.56. The standard InChI is InChI=1S/C21H18F4N4O2/c1-11-7-14(22)4-6-16(11)28-10-29(18-9-26-20(31)27-12(18)2)19(30)15-5-3-13(8-17(15)28)21(23,24)25/h3-8H,9-10H2,1-2H3,(H2,26,27,31). The number of nitrogens with one attached hydrogen (secondary N) is 2. The average Bonchev–Trinajstić information content (AvgIpc) is 2.68. The number of rotatable bonds is 2. The van der Waals surface area contributed by atoms with E-state index < -0.39 is 29.5 Å². The SMILES string of the molecule is CC1=C(N2CN(c3ccc(F)cc3C)c3cc(C(F)(F)F)ccc3C2=O)CNC(=O)N1. The van der Waals surface area contributed by atoms with Gasteiger partial charge in [0.2, 0.25) is 0 Å². The number of aryl methyl sites for hydroxylation is 1. The van der Waals surface area contributed by atoms with E-state index in [1.807, 2.05) is 0 Å². The number of hydrogen-bond donors (Lipinski definition) is 2. The predicted molar refractivity (Wildman–Crippen MR) is 105 cm³/mol. The molecule has 2 aromatic rings. The molecule has 0 aromatic heterocycles. The molecule has 2 N–H and O–H groups in total. The zero-order valence-corrected chi connectivity index (χ0v) is 16.6. The number of alkyl halides is 3. The fourth-order valence-electron chi connectivity index (χ4n) is 3.76. The smallest absolute Gasteiger partial charge is 0.332 e. The molecule has 2 aromatic carbocycles. The number of fused-ring (bicyclic) bond motifs is 1. The van der Waals surface area contributed by atoms with Gasteiger partial charge < -0.3 is 15.5 Å². The monoisotopic (exact) mass is 434 g/mol. The fourth-order valence-corrected chi connectivity index (χ4v) is 3.76. The second-order valence-corrected chi connectivity index (χ2v) is 7.34. The number of benzene rings is 2. The number of anilines is 2. The molecule has 0 radical (unpaired) electrons. The number of carbonyl (C=O) groups is 2. The maximum atomic E-state index is 13.7. The Kier molecular flexibility index (Phi) is 4.87. The van der Waals surface area contributed by atoms with Gasteiger partial charge in [-0.3, -0.25) is 9.69 Å². The van der Waals surface area contributed by atoms with Crippen LogP contribution in [0.3, 0.4) is 0 Å². The quantitative estimate of drug-likeness (QED) is 0.695. The molecule has 162 valence electrons. The molecule has 0 fully saturated rings. The summed E-state index contributed by atoms with van der Waals surface area (Å²) >= 11 is 0. The van der Waals surface area contributed by atoms with Gasteiger partial charge in [0.05, 0.1) is 29.1 Å². The Labute approximate surface area is 175 Å². The van der Waals surface area contributed by atoms with Crippen molar-refractivity contribution in [1.82, 2.24) is 15.5 Å². The van der Waals surface area contributed by atoms with Gasteiger partial charge in [-0.25, -0.2) is 9.18 Å². The number of carbonyl (C=O) groups excluding carboxylic acids is 2. The lowest BCUT2D eigenvalue weighted by Crippen LogP contribution is -2.51. The van der Waals surface area contributed by atoms with Crippen LogP contribution in [0.1, 0.15) is 28.4 Å². The van der Waals surface area contributed by atoms with Gasteiger partial charge in [0.25, 0.3) is 5.91 Å². The first-order chi connectivity index (χ1) is 14.6. The van der Waals surface area contributed by atoms with Gasteiger partial charge in [0.15, 0.2) is 0 Å². The molecule has 0 unspecified atom stereocenters. The summed E-state index contributed by atoms with van der Waals surface area (Å²) in [5.41, 5.74) is 1.17. The van der Waals surface area contributed by atoms with Crippen LogP contribution in [-0.4, -0.2) is 30.1 Å². The minimum atomic E-state index is -4.59. The third-order valence-corrected chi connectivity index (χ3v) is 5.30. The van der Waals surface area contributed by atoms with Crippen molar-refractivity contribution >= 4 is 23.3 Å². The van der Waals surface area contributed by atoms with E-state index in [0.717, 1.165) is 18.2 Å². The third-order valence-electron chi connectivity index (χ3n) is 5.30. The molecule has 2 aliphatic heterocycles. The van der Waals surface area contributed by atoms with Crippen LogP contribution in [0.2, 0.25) is 0 Å². The van der Waals surface area contributed by atoms with Gasteiger partial charge in [0.1, 0.15) is 12.5 Å². The summed E-state index contributed by atoms with van der Waals surface area (Å²) in [6.07, 6.45) is -4.59. The van der Waals surface area contributed by atoms with Crippen LogP contribution in [0.4, 0.5) is 33.7 Å². The van der Waals surface area contributed by atoms with Crippen LogP contribution in [-0.2, 0) is 6.18 Å². The van der Waals surface area contributed by atoms with Gasteiger partial charge in [-0.15, -0.1) is 0 Å². The predicted octanol–water partition coefficient (Wildman–Crippen LogP) is 4.25. The number of nitrogens with zero attached hydrogens (tertiary/aromatic N) is 2. The molecule has 0 spiro atoms. The highest BCUT2D eigenvalue weighted by atomic mass is 19.4. The maximum Gasteiger partial charge on any atom is 0.416 e. The van der Waals surface area contributed by atoms with E-state index in [4.69, 9.17) is 0 Å². The van der Waals surface area contributed by atoms with Crippen molar-refractivity contribution in [2.75, 3.05) is 18.1 Å². The van der Waals surface area contributed by atoms with Crippen molar-refractivity contribution < 1.29 is 27.2 Å². The highest BCUT2D eigenvalue weighted by Crippen LogP contribution is 2.40. The van der Waals surface area contributed by atoms with Gasteiger partial charge >= 0.3 is 12.2 Å². The summed E-state index contributed by atoms with van der Waals surface area (Å²) in [5.74, 6) is -0.972. The summed E-state index contributed by atoms with van der Waals surface area (Å²) < 4.78 is 53.7. The molecule has 0 aliphatic carbocycles. The Morgan fingerprint density at radius 1 is 0.968 bits per heavy atom. The van der Waals surface area contributed by atoms with E-state index in [9.17, 15) is 27.2 Å². The largest absolute Gasteiger partial charge is 0.416 e. The number of urea groups is 1. The van der Waals surface area contributed by atoms with Crippen molar-refractivity contribution in [2.24, 2.45) is 0 Å². The summed E-state index contributed by atoms with van der Waals surface area (Å²) in [5, 5.41) is 5.18. The lowest BCUT2D eigenvalue weighted by molar-refractivity contribution is -0.137. The maximum absolute atomic E-state index is 13.7. The first kappa shape index (κ1) is 20.7. The minimum Gasteiger partial charge on any atom is -0.332 e. The van der Waals surface area contributed by atoms with E-state index in [2.05, 4.69) is 10.6 Å². The molecule has 2 heterocycles. The highest BCUT2D eigenvalue weighted by Gasteiger charge is 2.38. The Morgan fingerprint density at radius 3 is 2.35 bits per heavy atom. The molecule has 0 saturated heterocycles. The molecule has 0 bridgehead atoms. The van der Waals surface area contributed by atoms with E-state index in [0.29, 0.717) is 22.6 Å². The lowest BCUT2D eigenvalue weighted by atomic mass is 10.0. The first-order valence-corrected chi connectivity index (χ1v) is 9.37. The normalized spacial score (nSPS) is 16.8. The van der Waals surface area contributed by atoms with Crippen LogP contribution in [0.15, 0.2) is 47.8 Å². The fraction of sp³-hybridized carbons (Fsp3) is 0.238. The van der Waals surface area contributed by atoms with Crippen LogP contribution in [0.25, 0.3) is 0 Å². The van der Waals surface area contributed by atoms with Gasteiger partial charge in [-0.1, -0.05) is 0 Å². The second-order valence-electron chi connectivity index (χ2n) is 7.34. The molecule has 3 amide bonds. The molecule has 2 aliphatic rings. The lowest BCUT2D eigenvalue weighted by Gasteiger charge is -2.41. The molecule has 0 saturated carbocycles. The summed E-state index contributed by atoms with van der Waals surface area (Å²) in [6, 6.07) is 6.47. The first-order valence-electron chi connectivity index (χ1n) is 9.37. The zero-order chi connectivity index (χ0) is 22.5. The molecule has 0 atom stereocenters. The number of allylic oxidation sites excluding steroid dienone is 1. The number of halogens is 4. The van der Waals surface area contributed by atoms with Crippen molar-refractivity contribution in [1.29, 1.82) is 0 Å². The minimum absolute atomic E-state index is 0.0696. The Balaban J connectivity index is 1.88. The van der Waals surface area contributed by atoms with Gasteiger partial charge in [-0.2, -0.15) is 13.2 Å². The molecule has 4 rings (SSSR count). The number of hydrogen-bond acceptors (Lipinski definition) is 3. The third kappa shape index (κ3) is 3.69. The molecular weight excluding hydrogens is 416 g/mol. The summed E-state index contributed by atoms with van der Waals surface area (Å²) in [7, 11) is 0. The molecule has 6 nitrogen and oxygen atoms in total. The van der Waals surface area contributed by atoms with Crippen LogP contribution >= 0.6 is 0 Å². The zero-order valence-electron chi connectivity index (χ0n) is 16.6. The summed E-state index contributed by atoms with van der Waals surface area (Å²) in [6.45, 7) is 3.25. The van der Waals surface area contributed by atoms with E-state index in [1.165, 1.54) is 28.0 Å². The average molecular weight is 434 g/mol. The van der Waals surface area contributed by atoms with Crippen molar-refractivity contribution in [3.05, 3.63) is 70.3 Å². The highest BCUT2D eigenvalue weighted by molar-refractivity contribution is 6.04. The summed E-state index contributed by atoms with van der Waals surface area (Å²) in [4.78, 5) is 27.7. The van der Waals surface area contributed by atoms with Crippen molar-refractivity contribution in [3.8, 4) is 0 Å². The van der Waals surface area contributed by atoms with Crippen molar-refractivity contribution in [3.63, 3.8) is 0 Å². The Morgan fingerprint density at radius 2 is 1.71 bits per heavy atom. The molecule has 31 heavy (non-hydrogen) atoms. The van der Waals surface area contributed by atoms with Gasteiger partial charge in [-0.05, 0) is 55.8 Å². The second kappa shape index (κ2) is 7.29. The van der Waals surface area contributed by atoms with Crippen LogP contribution in [0, 0.1) is 12.7 Å².